The monoisotopic (exact) mass is 613 g/mol. The van der Waals surface area contributed by atoms with Crippen molar-refractivity contribution in [1.29, 1.82) is 0 Å². The summed E-state index contributed by atoms with van der Waals surface area (Å²) in [7, 11) is 6.31. The SMILES string of the molecule is CN(C)CCOC(C)(c1ccccc1)c1ccccn1.CN1CCC[C@@H]1CCO[C@](C)(c1ccccc1)c1ccc(Cl)cc1. The Kier molecular flexibility index (Phi) is 12.5. The molecule has 5 nitrogen and oxygen atoms in total. The number of pyridine rings is 1. The molecule has 0 bridgehead atoms. The lowest BCUT2D eigenvalue weighted by Crippen LogP contribution is -2.32. The molecule has 1 aliphatic rings. The highest BCUT2D eigenvalue weighted by atomic mass is 35.5. The summed E-state index contributed by atoms with van der Waals surface area (Å²) in [6.45, 7) is 7.75. The van der Waals surface area contributed by atoms with Crippen molar-refractivity contribution < 1.29 is 9.47 Å². The molecule has 0 spiro atoms. The van der Waals surface area contributed by atoms with Gasteiger partial charge in [-0.2, -0.15) is 0 Å². The largest absolute Gasteiger partial charge is 0.366 e. The molecule has 6 heteroatoms. The minimum atomic E-state index is -0.515. The molecule has 1 aromatic heterocycles. The Hall–Kier alpha value is -3.06. The van der Waals surface area contributed by atoms with Crippen LogP contribution in [0.1, 0.15) is 55.5 Å². The number of aromatic nitrogens is 1. The predicted molar refractivity (Wildman–Crippen MR) is 182 cm³/mol. The van der Waals surface area contributed by atoms with E-state index in [0.29, 0.717) is 12.6 Å². The number of hydrogen-bond donors (Lipinski definition) is 0. The fourth-order valence-electron chi connectivity index (χ4n) is 5.74. The average molecular weight is 614 g/mol. The molecule has 1 unspecified atom stereocenters. The van der Waals surface area contributed by atoms with Gasteiger partial charge in [0.1, 0.15) is 11.2 Å². The molecule has 4 aromatic rings. The Morgan fingerprint density at radius 1 is 0.773 bits per heavy atom. The van der Waals surface area contributed by atoms with Gasteiger partial charge in [0, 0.05) is 30.4 Å². The zero-order chi connectivity index (χ0) is 31.4. The van der Waals surface area contributed by atoms with Crippen LogP contribution in [0, 0.1) is 0 Å². The van der Waals surface area contributed by atoms with Crippen LogP contribution in [0.5, 0.6) is 0 Å². The first-order valence-corrected chi connectivity index (χ1v) is 16.0. The summed E-state index contributed by atoms with van der Waals surface area (Å²) in [5.74, 6) is 0. The first-order chi connectivity index (χ1) is 21.2. The predicted octanol–water partition coefficient (Wildman–Crippen LogP) is 8.03. The minimum Gasteiger partial charge on any atom is -0.366 e. The Balaban J connectivity index is 0.000000204. The molecule has 0 N–H and O–H groups in total. The third-order valence-electron chi connectivity index (χ3n) is 8.64. The molecule has 2 heterocycles. The third-order valence-corrected chi connectivity index (χ3v) is 8.89. The zero-order valence-corrected chi connectivity index (χ0v) is 27.7. The normalized spacial score (nSPS) is 17.8. The lowest BCUT2D eigenvalue weighted by Gasteiger charge is -2.32. The van der Waals surface area contributed by atoms with Gasteiger partial charge in [-0.05, 0) is 102 Å². The van der Waals surface area contributed by atoms with E-state index in [1.807, 2.05) is 74.9 Å². The standard InChI is InChI=1S/C21H26ClNO.C17H22N2O/c1-21(17-7-4-3-5-8-17,18-10-12-19(22)13-11-18)24-16-14-20-9-6-15-23(20)2;1-17(20-14-13-19(2)3,15-9-5-4-6-10-15)16-11-7-8-12-18-16/h3-5,7-8,10-13,20H,6,9,14-16H2,1-2H3;4-12H,13-14H2,1-3H3/t20-,21-;/m1./s1. The number of benzene rings is 3. The molecule has 1 aliphatic heterocycles. The van der Waals surface area contributed by atoms with Crippen molar-refractivity contribution in [3.05, 3.63) is 137 Å². The van der Waals surface area contributed by atoms with Crippen LogP contribution in [0.4, 0.5) is 0 Å². The number of nitrogens with zero attached hydrogens (tertiary/aromatic N) is 3. The fourth-order valence-corrected chi connectivity index (χ4v) is 5.87. The van der Waals surface area contributed by atoms with E-state index >= 15 is 0 Å². The topological polar surface area (TPSA) is 37.8 Å². The third kappa shape index (κ3) is 8.99. The Bertz CT molecular complexity index is 1330. The second-order valence-corrected chi connectivity index (χ2v) is 12.5. The highest BCUT2D eigenvalue weighted by molar-refractivity contribution is 6.30. The lowest BCUT2D eigenvalue weighted by molar-refractivity contribution is -0.0131. The smallest absolute Gasteiger partial charge is 0.132 e. The first-order valence-electron chi connectivity index (χ1n) is 15.6. The van der Waals surface area contributed by atoms with E-state index < -0.39 is 11.2 Å². The van der Waals surface area contributed by atoms with Crippen molar-refractivity contribution in [3.63, 3.8) is 0 Å². The van der Waals surface area contributed by atoms with E-state index in [1.165, 1.54) is 24.9 Å². The molecule has 1 fully saturated rings. The van der Waals surface area contributed by atoms with Gasteiger partial charge in [0.2, 0.25) is 0 Å². The number of hydrogen-bond acceptors (Lipinski definition) is 5. The Labute approximate surface area is 269 Å². The number of rotatable bonds is 12. The molecule has 5 rings (SSSR count). The first kappa shape index (κ1) is 33.8. The van der Waals surface area contributed by atoms with Gasteiger partial charge in [-0.3, -0.25) is 4.98 Å². The van der Waals surface area contributed by atoms with Gasteiger partial charge in [0.15, 0.2) is 0 Å². The van der Waals surface area contributed by atoms with Crippen LogP contribution >= 0.6 is 11.6 Å². The lowest BCUT2D eigenvalue weighted by atomic mass is 9.88. The molecule has 234 valence electrons. The molecule has 0 amide bonds. The van der Waals surface area contributed by atoms with Crippen molar-refractivity contribution in [2.45, 2.75) is 50.4 Å². The van der Waals surface area contributed by atoms with Gasteiger partial charge in [-0.25, -0.2) is 0 Å². The second kappa shape index (κ2) is 16.3. The Morgan fingerprint density at radius 2 is 1.34 bits per heavy atom. The van der Waals surface area contributed by atoms with Gasteiger partial charge in [-0.15, -0.1) is 0 Å². The molecule has 1 saturated heterocycles. The highest BCUT2D eigenvalue weighted by Gasteiger charge is 2.32. The molecule has 0 saturated carbocycles. The van der Waals surface area contributed by atoms with E-state index in [4.69, 9.17) is 21.1 Å². The maximum absolute atomic E-state index is 6.48. The Morgan fingerprint density at radius 3 is 1.89 bits per heavy atom. The number of ether oxygens (including phenoxy) is 2. The summed E-state index contributed by atoms with van der Waals surface area (Å²) >= 11 is 6.07. The summed E-state index contributed by atoms with van der Waals surface area (Å²) in [6.07, 6.45) is 5.47. The molecule has 3 atom stereocenters. The number of halogens is 1. The number of likely N-dealkylation sites (tertiary alicyclic amines) is 1. The van der Waals surface area contributed by atoms with Crippen LogP contribution in [0.2, 0.25) is 5.02 Å². The van der Waals surface area contributed by atoms with E-state index in [0.717, 1.165) is 41.4 Å². The molecule has 0 radical (unpaired) electrons. The van der Waals surface area contributed by atoms with E-state index in [-0.39, 0.29) is 0 Å². The fraction of sp³-hybridized carbons (Fsp3) is 0.395. The van der Waals surface area contributed by atoms with Gasteiger partial charge in [0.25, 0.3) is 0 Å². The van der Waals surface area contributed by atoms with Crippen LogP contribution in [0.3, 0.4) is 0 Å². The summed E-state index contributed by atoms with van der Waals surface area (Å²) in [5.41, 5.74) is 3.40. The highest BCUT2D eigenvalue weighted by Crippen LogP contribution is 2.35. The molecular weight excluding hydrogens is 566 g/mol. The molecule has 3 aromatic carbocycles. The quantitative estimate of drug-likeness (QED) is 0.162. The van der Waals surface area contributed by atoms with Crippen LogP contribution in [0.25, 0.3) is 0 Å². The summed E-state index contributed by atoms with van der Waals surface area (Å²) in [5, 5.41) is 0.752. The van der Waals surface area contributed by atoms with Crippen molar-refractivity contribution in [3.8, 4) is 0 Å². The van der Waals surface area contributed by atoms with E-state index in [2.05, 4.69) is 84.2 Å². The number of likely N-dealkylation sites (N-methyl/N-ethyl adjacent to an activating group) is 1. The van der Waals surface area contributed by atoms with Crippen LogP contribution in [0.15, 0.2) is 109 Å². The van der Waals surface area contributed by atoms with E-state index in [9.17, 15) is 0 Å². The molecule has 0 aliphatic carbocycles. The van der Waals surface area contributed by atoms with Crippen molar-refractivity contribution >= 4 is 11.6 Å². The van der Waals surface area contributed by atoms with Crippen molar-refractivity contribution in [1.82, 2.24) is 14.8 Å². The van der Waals surface area contributed by atoms with Gasteiger partial charge < -0.3 is 19.3 Å². The average Bonchev–Trinajstić information content (AvgIpc) is 3.46. The van der Waals surface area contributed by atoms with Crippen LogP contribution in [-0.4, -0.2) is 68.3 Å². The van der Waals surface area contributed by atoms with Gasteiger partial charge in [-0.1, -0.05) is 90.5 Å². The maximum Gasteiger partial charge on any atom is 0.132 e. The van der Waals surface area contributed by atoms with Crippen molar-refractivity contribution in [2.24, 2.45) is 0 Å². The van der Waals surface area contributed by atoms with Crippen LogP contribution < -0.4 is 0 Å². The minimum absolute atomic E-state index is 0.455. The second-order valence-electron chi connectivity index (χ2n) is 12.1. The molecule has 44 heavy (non-hydrogen) atoms. The van der Waals surface area contributed by atoms with Gasteiger partial charge in [0.05, 0.1) is 12.3 Å². The summed E-state index contributed by atoms with van der Waals surface area (Å²) < 4.78 is 12.7. The van der Waals surface area contributed by atoms with Gasteiger partial charge >= 0.3 is 0 Å². The zero-order valence-electron chi connectivity index (χ0n) is 27.0. The molecular formula is C38H48ClN3O2. The summed E-state index contributed by atoms with van der Waals surface area (Å²) in [6, 6.07) is 35.3. The van der Waals surface area contributed by atoms with Crippen LogP contribution in [-0.2, 0) is 20.7 Å². The van der Waals surface area contributed by atoms with Crippen molar-refractivity contribution in [2.75, 3.05) is 47.4 Å². The summed E-state index contributed by atoms with van der Waals surface area (Å²) in [4.78, 5) is 9.05. The maximum atomic E-state index is 6.48. The van der Waals surface area contributed by atoms with E-state index in [1.54, 1.807) is 0 Å².